The summed E-state index contributed by atoms with van der Waals surface area (Å²) in [5.74, 6) is -0.666. The van der Waals surface area contributed by atoms with Gasteiger partial charge in [0.2, 0.25) is 11.8 Å². The van der Waals surface area contributed by atoms with Crippen LogP contribution in [0.1, 0.15) is 29.3 Å². The smallest absolute Gasteiger partial charge is 0.254 e. The minimum Gasteiger partial charge on any atom is -0.333 e. The van der Waals surface area contributed by atoms with Gasteiger partial charge in [0.25, 0.3) is 5.91 Å². The molecule has 122 valence electrons. The second kappa shape index (κ2) is 6.50. The molecule has 3 amide bonds. The first-order valence-electron chi connectivity index (χ1n) is 7.99. The lowest BCUT2D eigenvalue weighted by Gasteiger charge is -2.34. The van der Waals surface area contributed by atoms with E-state index in [0.29, 0.717) is 18.5 Å². The van der Waals surface area contributed by atoms with Crippen molar-refractivity contribution in [1.82, 2.24) is 15.5 Å². The number of carbonyl (C=O) groups is 3. The van der Waals surface area contributed by atoms with E-state index in [1.807, 2.05) is 24.0 Å². The number of rotatable bonds is 3. The minimum absolute atomic E-state index is 0.0411. The predicted octanol–water partition coefficient (Wildman–Crippen LogP) is 0.326. The molecule has 2 saturated heterocycles. The summed E-state index contributed by atoms with van der Waals surface area (Å²) in [7, 11) is 0. The van der Waals surface area contributed by atoms with Crippen LogP contribution in [0.15, 0.2) is 24.3 Å². The summed E-state index contributed by atoms with van der Waals surface area (Å²) in [4.78, 5) is 37.3. The highest BCUT2D eigenvalue weighted by molar-refractivity contribution is 6.03. The van der Waals surface area contributed by atoms with Crippen LogP contribution in [0.3, 0.4) is 0 Å². The summed E-state index contributed by atoms with van der Waals surface area (Å²) in [6, 6.07) is 7.54. The van der Waals surface area contributed by atoms with E-state index in [0.717, 1.165) is 18.7 Å². The molecule has 2 atom stereocenters. The third-order valence-corrected chi connectivity index (χ3v) is 4.51. The van der Waals surface area contributed by atoms with Gasteiger partial charge in [-0.1, -0.05) is 12.1 Å². The Balaban J connectivity index is 1.66. The molecule has 23 heavy (non-hydrogen) atoms. The molecule has 0 saturated carbocycles. The predicted molar refractivity (Wildman–Crippen MR) is 84.8 cm³/mol. The van der Waals surface area contributed by atoms with Crippen LogP contribution < -0.4 is 10.6 Å². The van der Waals surface area contributed by atoms with Crippen molar-refractivity contribution >= 4 is 17.7 Å². The van der Waals surface area contributed by atoms with E-state index in [2.05, 4.69) is 10.6 Å². The van der Waals surface area contributed by atoms with Gasteiger partial charge in [0, 0.05) is 37.7 Å². The number of piperazine rings is 1. The van der Waals surface area contributed by atoms with Gasteiger partial charge < -0.3 is 10.2 Å². The summed E-state index contributed by atoms with van der Waals surface area (Å²) < 4.78 is 0. The number of carbonyl (C=O) groups excluding carboxylic acids is 3. The number of hydrogen-bond acceptors (Lipinski definition) is 4. The zero-order chi connectivity index (χ0) is 16.4. The van der Waals surface area contributed by atoms with Crippen molar-refractivity contribution in [3.05, 3.63) is 35.4 Å². The normalized spacial score (nSPS) is 24.7. The van der Waals surface area contributed by atoms with Crippen LogP contribution in [-0.4, -0.2) is 48.3 Å². The number of amides is 3. The van der Waals surface area contributed by atoms with Crippen molar-refractivity contribution in [2.75, 3.05) is 19.6 Å². The molecule has 2 heterocycles. The maximum absolute atomic E-state index is 12.6. The van der Waals surface area contributed by atoms with E-state index >= 15 is 0 Å². The number of hydrogen-bond donors (Lipinski definition) is 2. The number of nitrogens with zero attached hydrogens (tertiary/aromatic N) is 1. The summed E-state index contributed by atoms with van der Waals surface area (Å²) >= 11 is 0. The van der Waals surface area contributed by atoms with Gasteiger partial charge >= 0.3 is 0 Å². The lowest BCUT2D eigenvalue weighted by molar-refractivity contribution is -0.125. The topological polar surface area (TPSA) is 78.5 Å². The molecule has 3 rings (SSSR count). The molecule has 6 heteroatoms. The van der Waals surface area contributed by atoms with E-state index in [1.54, 1.807) is 12.1 Å². The first-order chi connectivity index (χ1) is 11.0. The molecule has 0 aromatic heterocycles. The van der Waals surface area contributed by atoms with Gasteiger partial charge in [-0.05, 0) is 31.0 Å². The van der Waals surface area contributed by atoms with Crippen LogP contribution in [0.2, 0.25) is 0 Å². The molecule has 1 aromatic rings. The Hall–Kier alpha value is -2.21. The molecule has 1 aromatic carbocycles. The quantitative estimate of drug-likeness (QED) is 0.788. The number of imide groups is 1. The zero-order valence-corrected chi connectivity index (χ0v) is 13.2. The van der Waals surface area contributed by atoms with Gasteiger partial charge in [-0.25, -0.2) is 0 Å². The van der Waals surface area contributed by atoms with Crippen molar-refractivity contribution in [1.29, 1.82) is 0 Å². The van der Waals surface area contributed by atoms with Crippen molar-refractivity contribution in [3.63, 3.8) is 0 Å². The monoisotopic (exact) mass is 315 g/mol. The summed E-state index contributed by atoms with van der Waals surface area (Å²) in [5.41, 5.74) is 1.62. The Morgan fingerprint density at radius 1 is 1.26 bits per heavy atom. The molecular formula is C17H21N3O3. The van der Waals surface area contributed by atoms with Crippen molar-refractivity contribution in [2.45, 2.75) is 25.8 Å². The van der Waals surface area contributed by atoms with Gasteiger partial charge in [-0.3, -0.25) is 19.7 Å². The Morgan fingerprint density at radius 3 is 2.61 bits per heavy atom. The Bertz CT molecular complexity index is 626. The fourth-order valence-electron chi connectivity index (χ4n) is 3.15. The van der Waals surface area contributed by atoms with Crippen LogP contribution in [0.25, 0.3) is 0 Å². The molecule has 2 aliphatic heterocycles. The second-order valence-electron chi connectivity index (χ2n) is 6.27. The molecule has 2 N–H and O–H groups in total. The highest BCUT2D eigenvalue weighted by Gasteiger charge is 2.30. The van der Waals surface area contributed by atoms with Crippen LogP contribution in [0, 0.1) is 5.92 Å². The third-order valence-electron chi connectivity index (χ3n) is 4.51. The average Bonchev–Trinajstić information content (AvgIpc) is 2.85. The molecular weight excluding hydrogens is 294 g/mol. The van der Waals surface area contributed by atoms with E-state index in [1.165, 1.54) is 0 Å². The standard InChI is InChI=1S/C17H21N3O3/c1-11-10-18-6-7-20(11)17(23)13-4-2-12(3-5-13)8-14-9-15(21)19-16(14)22/h2-5,11,14,18H,6-10H2,1H3,(H,19,21,22). The van der Waals surface area contributed by atoms with Gasteiger partial charge in [0.05, 0.1) is 5.92 Å². The van der Waals surface area contributed by atoms with Crippen LogP contribution in [0.5, 0.6) is 0 Å². The third kappa shape index (κ3) is 3.42. The average molecular weight is 315 g/mol. The molecule has 2 fully saturated rings. The summed E-state index contributed by atoms with van der Waals surface area (Å²) in [6.07, 6.45) is 0.772. The van der Waals surface area contributed by atoms with Crippen LogP contribution in [-0.2, 0) is 16.0 Å². The molecule has 0 bridgehead atoms. The molecule has 2 unspecified atom stereocenters. The van der Waals surface area contributed by atoms with E-state index in [-0.39, 0.29) is 36.1 Å². The molecule has 0 radical (unpaired) electrons. The van der Waals surface area contributed by atoms with Gasteiger partial charge in [0.15, 0.2) is 0 Å². The Labute approximate surface area is 135 Å². The Kier molecular flexibility index (Phi) is 4.43. The van der Waals surface area contributed by atoms with Gasteiger partial charge in [-0.2, -0.15) is 0 Å². The van der Waals surface area contributed by atoms with Crippen LogP contribution in [0.4, 0.5) is 0 Å². The summed E-state index contributed by atoms with van der Waals surface area (Å²) in [6.45, 7) is 4.38. The fourth-order valence-corrected chi connectivity index (χ4v) is 3.15. The highest BCUT2D eigenvalue weighted by atomic mass is 16.2. The van der Waals surface area contributed by atoms with Gasteiger partial charge in [0.1, 0.15) is 0 Å². The molecule has 6 nitrogen and oxygen atoms in total. The molecule has 2 aliphatic rings. The van der Waals surface area contributed by atoms with Crippen molar-refractivity contribution in [3.8, 4) is 0 Å². The van der Waals surface area contributed by atoms with E-state index in [4.69, 9.17) is 0 Å². The maximum Gasteiger partial charge on any atom is 0.254 e. The maximum atomic E-state index is 12.6. The molecule has 0 spiro atoms. The SMILES string of the molecule is CC1CNCCN1C(=O)c1ccc(CC2CC(=O)NC2=O)cc1. The van der Waals surface area contributed by atoms with Crippen molar-refractivity contribution in [2.24, 2.45) is 5.92 Å². The molecule has 0 aliphatic carbocycles. The Morgan fingerprint density at radius 2 is 2.00 bits per heavy atom. The lowest BCUT2D eigenvalue weighted by atomic mass is 9.97. The van der Waals surface area contributed by atoms with E-state index in [9.17, 15) is 14.4 Å². The van der Waals surface area contributed by atoms with Crippen molar-refractivity contribution < 1.29 is 14.4 Å². The largest absolute Gasteiger partial charge is 0.333 e. The number of nitrogens with one attached hydrogen (secondary N) is 2. The zero-order valence-electron chi connectivity index (χ0n) is 13.2. The highest BCUT2D eigenvalue weighted by Crippen LogP contribution is 2.18. The first kappa shape index (κ1) is 15.7. The number of benzene rings is 1. The first-order valence-corrected chi connectivity index (χ1v) is 7.99. The minimum atomic E-state index is -0.294. The van der Waals surface area contributed by atoms with E-state index < -0.39 is 0 Å². The summed E-state index contributed by atoms with van der Waals surface area (Å²) in [5, 5.41) is 5.59. The van der Waals surface area contributed by atoms with Gasteiger partial charge in [-0.15, -0.1) is 0 Å². The van der Waals surface area contributed by atoms with Crippen LogP contribution >= 0.6 is 0 Å². The fraction of sp³-hybridized carbons (Fsp3) is 0.471. The second-order valence-corrected chi connectivity index (χ2v) is 6.27. The lowest BCUT2D eigenvalue weighted by Crippen LogP contribution is -2.52.